The molecule has 0 amide bonds. The minimum Gasteiger partial charge on any atom is -0.488 e. The fraction of sp³-hybridized carbons (Fsp3) is 0.312. The molecule has 0 fully saturated rings. The van der Waals surface area contributed by atoms with Gasteiger partial charge in [0.05, 0.1) is 0 Å². The van der Waals surface area contributed by atoms with E-state index in [0.717, 1.165) is 25.3 Å². The summed E-state index contributed by atoms with van der Waals surface area (Å²) in [7, 11) is 0. The third-order valence-corrected chi connectivity index (χ3v) is 3.54. The molecule has 1 aliphatic rings. The smallest absolute Gasteiger partial charge is 0.123 e. The van der Waals surface area contributed by atoms with E-state index >= 15 is 0 Å². The molecule has 3 heteroatoms. The number of aryl methyl sites for hydroxylation is 1. The molecule has 2 heterocycles. The van der Waals surface area contributed by atoms with E-state index < -0.39 is 0 Å². The van der Waals surface area contributed by atoms with Gasteiger partial charge in [-0.25, -0.2) is 0 Å². The number of fused-ring (bicyclic) bond motifs is 1. The van der Waals surface area contributed by atoms with Crippen molar-refractivity contribution >= 4 is 0 Å². The van der Waals surface area contributed by atoms with Crippen LogP contribution in [0.2, 0.25) is 0 Å². The Morgan fingerprint density at radius 3 is 3.05 bits per heavy atom. The van der Waals surface area contributed by atoms with Crippen molar-refractivity contribution in [2.75, 3.05) is 6.54 Å². The molecule has 98 valence electrons. The van der Waals surface area contributed by atoms with Crippen LogP contribution in [0, 0.1) is 6.92 Å². The number of rotatable bonds is 4. The molecule has 0 spiro atoms. The van der Waals surface area contributed by atoms with Gasteiger partial charge >= 0.3 is 0 Å². The monoisotopic (exact) mass is 254 g/mol. The fourth-order valence-corrected chi connectivity index (χ4v) is 2.44. The summed E-state index contributed by atoms with van der Waals surface area (Å²) < 4.78 is 5.90. The number of ether oxygens (including phenoxy) is 1. The van der Waals surface area contributed by atoms with Crippen molar-refractivity contribution in [1.29, 1.82) is 0 Å². The molecule has 0 radical (unpaired) electrons. The zero-order chi connectivity index (χ0) is 13.1. The Hall–Kier alpha value is -1.87. The molecule has 2 aromatic rings. The van der Waals surface area contributed by atoms with Crippen LogP contribution < -0.4 is 10.1 Å². The van der Waals surface area contributed by atoms with Gasteiger partial charge in [-0.15, -0.1) is 0 Å². The van der Waals surface area contributed by atoms with Gasteiger partial charge in [-0.3, -0.25) is 4.98 Å². The summed E-state index contributed by atoms with van der Waals surface area (Å²) in [6.07, 6.45) is 4.99. The first-order chi connectivity index (χ1) is 9.33. The van der Waals surface area contributed by atoms with Gasteiger partial charge in [0, 0.05) is 31.9 Å². The predicted octanol–water partition coefficient (Wildman–Crippen LogP) is 2.48. The average Bonchev–Trinajstić information content (AvgIpc) is 2.83. The highest BCUT2D eigenvalue weighted by molar-refractivity contribution is 5.37. The van der Waals surface area contributed by atoms with Crippen molar-refractivity contribution < 1.29 is 4.74 Å². The lowest BCUT2D eigenvalue weighted by molar-refractivity contribution is 0.227. The first-order valence-electron chi connectivity index (χ1n) is 6.67. The van der Waals surface area contributed by atoms with Crippen molar-refractivity contribution in [3.63, 3.8) is 0 Å². The van der Waals surface area contributed by atoms with Crippen LogP contribution in [-0.2, 0) is 13.0 Å². The van der Waals surface area contributed by atoms with Gasteiger partial charge in [0.25, 0.3) is 0 Å². The molecule has 0 bridgehead atoms. The Morgan fingerprint density at radius 2 is 2.21 bits per heavy atom. The van der Waals surface area contributed by atoms with E-state index in [1.54, 1.807) is 0 Å². The summed E-state index contributed by atoms with van der Waals surface area (Å²) in [6, 6.07) is 10.3. The molecule has 19 heavy (non-hydrogen) atoms. The number of nitrogens with zero attached hydrogens (tertiary/aromatic N) is 1. The lowest BCUT2D eigenvalue weighted by Crippen LogP contribution is -2.29. The lowest BCUT2D eigenvalue weighted by Gasteiger charge is -2.12. The number of nitrogens with one attached hydrogen (secondary N) is 1. The minimum atomic E-state index is 0.250. The fourth-order valence-electron chi connectivity index (χ4n) is 2.44. The van der Waals surface area contributed by atoms with Crippen LogP contribution in [0.3, 0.4) is 0 Å². The van der Waals surface area contributed by atoms with Crippen LogP contribution in [0.5, 0.6) is 5.75 Å². The molecule has 0 aliphatic carbocycles. The normalized spacial score (nSPS) is 17.0. The highest BCUT2D eigenvalue weighted by Crippen LogP contribution is 2.27. The second kappa shape index (κ2) is 5.41. The van der Waals surface area contributed by atoms with Crippen molar-refractivity contribution in [2.45, 2.75) is 26.0 Å². The Balaban J connectivity index is 1.51. The van der Waals surface area contributed by atoms with Crippen molar-refractivity contribution in [3.05, 3.63) is 59.4 Å². The molecule has 1 atom stereocenters. The summed E-state index contributed by atoms with van der Waals surface area (Å²) in [6.45, 7) is 3.83. The van der Waals surface area contributed by atoms with E-state index in [1.807, 2.05) is 24.5 Å². The van der Waals surface area contributed by atoms with E-state index in [2.05, 4.69) is 35.4 Å². The minimum absolute atomic E-state index is 0.250. The molecule has 1 N–H and O–H groups in total. The first-order valence-corrected chi connectivity index (χ1v) is 6.67. The van der Waals surface area contributed by atoms with Gasteiger partial charge in [-0.05, 0) is 35.7 Å². The quantitative estimate of drug-likeness (QED) is 0.910. The van der Waals surface area contributed by atoms with E-state index in [1.165, 1.54) is 16.7 Å². The number of para-hydroxylation sites is 1. The van der Waals surface area contributed by atoms with Crippen LogP contribution in [0.4, 0.5) is 0 Å². The van der Waals surface area contributed by atoms with Crippen molar-refractivity contribution in [2.24, 2.45) is 0 Å². The largest absolute Gasteiger partial charge is 0.488 e. The maximum absolute atomic E-state index is 5.90. The Labute approximate surface area is 113 Å². The van der Waals surface area contributed by atoms with Crippen LogP contribution >= 0.6 is 0 Å². The molecule has 1 aromatic heterocycles. The van der Waals surface area contributed by atoms with Gasteiger partial charge in [-0.2, -0.15) is 0 Å². The summed E-state index contributed by atoms with van der Waals surface area (Å²) in [4.78, 5) is 4.11. The standard InChI is InChI=1S/C16H18N2O/c1-12-9-17-7-6-14(12)10-18-11-15-8-13-4-2-3-5-16(13)19-15/h2-7,9,15,18H,8,10-11H2,1H3. The first kappa shape index (κ1) is 12.2. The molecule has 3 rings (SSSR count). The third kappa shape index (κ3) is 2.76. The van der Waals surface area contributed by atoms with Crippen LogP contribution in [0.25, 0.3) is 0 Å². The van der Waals surface area contributed by atoms with Gasteiger partial charge in [-0.1, -0.05) is 18.2 Å². The zero-order valence-corrected chi connectivity index (χ0v) is 11.1. The molecular formula is C16H18N2O. The summed E-state index contributed by atoms with van der Waals surface area (Å²) in [5.41, 5.74) is 3.84. The van der Waals surface area contributed by atoms with Crippen LogP contribution in [0.15, 0.2) is 42.7 Å². The van der Waals surface area contributed by atoms with E-state index in [0.29, 0.717) is 0 Å². The highest BCUT2D eigenvalue weighted by atomic mass is 16.5. The van der Waals surface area contributed by atoms with E-state index in [-0.39, 0.29) is 6.10 Å². The number of hydrogen-bond acceptors (Lipinski definition) is 3. The van der Waals surface area contributed by atoms with Crippen LogP contribution in [-0.4, -0.2) is 17.6 Å². The maximum atomic E-state index is 5.90. The van der Waals surface area contributed by atoms with Gasteiger partial charge < -0.3 is 10.1 Å². The van der Waals surface area contributed by atoms with Crippen LogP contribution in [0.1, 0.15) is 16.7 Å². The molecule has 0 saturated carbocycles. The summed E-state index contributed by atoms with van der Waals surface area (Å²) >= 11 is 0. The van der Waals surface area contributed by atoms with E-state index in [9.17, 15) is 0 Å². The zero-order valence-electron chi connectivity index (χ0n) is 11.1. The Kier molecular flexibility index (Phi) is 3.47. The molecule has 1 aromatic carbocycles. The van der Waals surface area contributed by atoms with Crippen molar-refractivity contribution in [1.82, 2.24) is 10.3 Å². The second-order valence-corrected chi connectivity index (χ2v) is 4.98. The Bertz CT molecular complexity index is 543. The van der Waals surface area contributed by atoms with Gasteiger partial charge in [0.15, 0.2) is 0 Å². The van der Waals surface area contributed by atoms with Gasteiger partial charge in [0.2, 0.25) is 0 Å². The molecule has 0 saturated heterocycles. The predicted molar refractivity (Wildman–Crippen MR) is 75.2 cm³/mol. The number of pyridine rings is 1. The summed E-state index contributed by atoms with van der Waals surface area (Å²) in [5.74, 6) is 1.04. The third-order valence-electron chi connectivity index (χ3n) is 3.54. The molecule has 1 unspecified atom stereocenters. The van der Waals surface area contributed by atoms with E-state index in [4.69, 9.17) is 4.74 Å². The average molecular weight is 254 g/mol. The van der Waals surface area contributed by atoms with Gasteiger partial charge in [0.1, 0.15) is 11.9 Å². The maximum Gasteiger partial charge on any atom is 0.123 e. The topological polar surface area (TPSA) is 34.2 Å². The SMILES string of the molecule is Cc1cnccc1CNCC1Cc2ccccc2O1. The Morgan fingerprint density at radius 1 is 1.32 bits per heavy atom. The number of hydrogen-bond donors (Lipinski definition) is 1. The molecule has 1 aliphatic heterocycles. The summed E-state index contributed by atoms with van der Waals surface area (Å²) in [5, 5.41) is 3.47. The lowest BCUT2D eigenvalue weighted by atomic mass is 10.1. The number of benzene rings is 1. The second-order valence-electron chi connectivity index (χ2n) is 4.98. The molecule has 3 nitrogen and oxygen atoms in total. The highest BCUT2D eigenvalue weighted by Gasteiger charge is 2.21. The molecular weight excluding hydrogens is 236 g/mol. The van der Waals surface area contributed by atoms with Crippen molar-refractivity contribution in [3.8, 4) is 5.75 Å². The number of aromatic nitrogens is 1.